The number of nitrogens with one attached hydrogen (secondary N) is 1. The molecule has 0 amide bonds. The van der Waals surface area contributed by atoms with Crippen molar-refractivity contribution in [1.29, 1.82) is 0 Å². The van der Waals surface area contributed by atoms with Crippen molar-refractivity contribution in [1.82, 2.24) is 9.78 Å². The Balaban J connectivity index is 2.26. The molecule has 1 unspecified atom stereocenters. The van der Waals surface area contributed by atoms with Crippen LogP contribution in [0.2, 0.25) is 0 Å². The molecule has 18 heavy (non-hydrogen) atoms. The number of rotatable bonds is 4. The molecule has 96 valence electrons. The Morgan fingerprint density at radius 3 is 2.50 bits per heavy atom. The topological polar surface area (TPSA) is 55.9 Å². The van der Waals surface area contributed by atoms with Crippen LogP contribution in [0.15, 0.2) is 30.3 Å². The normalized spacial score (nSPS) is 12.4. The molecule has 0 saturated heterocycles. The number of aromatic nitrogens is 2. The number of nitrogen functional groups attached to an aromatic ring is 1. The molecule has 0 saturated carbocycles. The predicted octanol–water partition coefficient (Wildman–Crippen LogP) is 2.87. The molecule has 0 bridgehead atoms. The van der Waals surface area contributed by atoms with Crippen molar-refractivity contribution in [2.75, 3.05) is 11.1 Å². The highest BCUT2D eigenvalue weighted by Gasteiger charge is 2.15. The van der Waals surface area contributed by atoms with Crippen molar-refractivity contribution in [3.63, 3.8) is 0 Å². The molecule has 4 nitrogen and oxygen atoms in total. The third kappa shape index (κ3) is 2.32. The van der Waals surface area contributed by atoms with Crippen molar-refractivity contribution in [3.05, 3.63) is 41.6 Å². The second-order valence-electron chi connectivity index (χ2n) is 4.49. The zero-order chi connectivity index (χ0) is 13.1. The van der Waals surface area contributed by atoms with E-state index in [1.807, 2.05) is 20.0 Å². The summed E-state index contributed by atoms with van der Waals surface area (Å²) in [6.07, 6.45) is 0.994. The van der Waals surface area contributed by atoms with Gasteiger partial charge in [-0.05, 0) is 18.9 Å². The molecular formula is C14H20N4. The molecule has 0 aliphatic heterocycles. The maximum absolute atomic E-state index is 6.04. The van der Waals surface area contributed by atoms with Crippen LogP contribution < -0.4 is 11.1 Å². The van der Waals surface area contributed by atoms with Gasteiger partial charge in [0.05, 0.1) is 17.4 Å². The second kappa shape index (κ2) is 5.12. The minimum atomic E-state index is 0.253. The molecule has 1 aromatic carbocycles. The fourth-order valence-electron chi connectivity index (χ4n) is 2.12. The van der Waals surface area contributed by atoms with Crippen LogP contribution >= 0.6 is 0 Å². The number of aryl methyl sites for hydroxylation is 2. The summed E-state index contributed by atoms with van der Waals surface area (Å²) in [4.78, 5) is 0. The number of anilines is 2. The van der Waals surface area contributed by atoms with E-state index in [2.05, 4.69) is 41.6 Å². The summed E-state index contributed by atoms with van der Waals surface area (Å²) < 4.78 is 1.80. The zero-order valence-corrected chi connectivity index (χ0v) is 11.1. The number of nitrogens with two attached hydrogens (primary N) is 1. The molecular weight excluding hydrogens is 224 g/mol. The third-order valence-electron chi connectivity index (χ3n) is 3.19. The van der Waals surface area contributed by atoms with Crippen LogP contribution in [0.1, 0.15) is 30.6 Å². The highest BCUT2D eigenvalue weighted by molar-refractivity contribution is 5.65. The fraction of sp³-hybridized carbons (Fsp3) is 0.357. The van der Waals surface area contributed by atoms with E-state index in [9.17, 15) is 0 Å². The maximum Gasteiger partial charge on any atom is 0.148 e. The average Bonchev–Trinajstić information content (AvgIpc) is 2.62. The van der Waals surface area contributed by atoms with E-state index in [-0.39, 0.29) is 6.04 Å². The Hall–Kier alpha value is -1.97. The molecule has 3 N–H and O–H groups in total. The molecule has 1 atom stereocenters. The Morgan fingerprint density at radius 2 is 2.00 bits per heavy atom. The number of benzene rings is 1. The second-order valence-corrected chi connectivity index (χ2v) is 4.49. The van der Waals surface area contributed by atoms with E-state index in [0.29, 0.717) is 0 Å². The van der Waals surface area contributed by atoms with Crippen molar-refractivity contribution >= 4 is 11.5 Å². The monoisotopic (exact) mass is 244 g/mol. The number of hydrogen-bond donors (Lipinski definition) is 2. The van der Waals surface area contributed by atoms with Crippen molar-refractivity contribution in [2.45, 2.75) is 26.3 Å². The van der Waals surface area contributed by atoms with Gasteiger partial charge in [0.2, 0.25) is 0 Å². The first kappa shape index (κ1) is 12.5. The molecule has 1 aromatic heterocycles. The van der Waals surface area contributed by atoms with Gasteiger partial charge in [0.1, 0.15) is 5.82 Å². The summed E-state index contributed by atoms with van der Waals surface area (Å²) in [7, 11) is 1.91. The summed E-state index contributed by atoms with van der Waals surface area (Å²) >= 11 is 0. The lowest BCUT2D eigenvalue weighted by Gasteiger charge is -2.19. The Labute approximate surface area is 108 Å². The van der Waals surface area contributed by atoms with Gasteiger partial charge in [-0.15, -0.1) is 0 Å². The van der Waals surface area contributed by atoms with Crippen LogP contribution in [0.3, 0.4) is 0 Å². The first-order valence-electron chi connectivity index (χ1n) is 6.24. The molecule has 0 aliphatic carbocycles. The van der Waals surface area contributed by atoms with Gasteiger partial charge in [0, 0.05) is 7.05 Å². The average molecular weight is 244 g/mol. The van der Waals surface area contributed by atoms with Crippen LogP contribution in [-0.4, -0.2) is 9.78 Å². The largest absolute Gasteiger partial charge is 0.394 e. The van der Waals surface area contributed by atoms with E-state index in [0.717, 1.165) is 23.6 Å². The van der Waals surface area contributed by atoms with Gasteiger partial charge in [-0.3, -0.25) is 4.68 Å². The molecule has 0 aliphatic rings. The van der Waals surface area contributed by atoms with Gasteiger partial charge in [0.15, 0.2) is 0 Å². The van der Waals surface area contributed by atoms with Crippen LogP contribution in [0.5, 0.6) is 0 Å². The number of hydrogen-bond acceptors (Lipinski definition) is 3. The van der Waals surface area contributed by atoms with Crippen LogP contribution in [0.4, 0.5) is 11.5 Å². The standard InChI is InChI=1S/C14H20N4/c1-4-12(11-8-6-5-7-9-11)16-14-13(15)10(2)17-18(14)3/h5-9,12,16H,4,15H2,1-3H3. The molecule has 0 fully saturated rings. The minimum Gasteiger partial charge on any atom is -0.394 e. The zero-order valence-electron chi connectivity index (χ0n) is 11.1. The maximum atomic E-state index is 6.04. The SMILES string of the molecule is CCC(Nc1c(N)c(C)nn1C)c1ccccc1. The molecule has 0 spiro atoms. The Bertz CT molecular complexity index is 516. The summed E-state index contributed by atoms with van der Waals surface area (Å²) in [5.41, 5.74) is 8.89. The van der Waals surface area contributed by atoms with Crippen molar-refractivity contribution in [3.8, 4) is 0 Å². The first-order valence-corrected chi connectivity index (χ1v) is 6.24. The molecule has 0 radical (unpaired) electrons. The van der Waals surface area contributed by atoms with E-state index < -0.39 is 0 Å². The lowest BCUT2D eigenvalue weighted by atomic mass is 10.0. The van der Waals surface area contributed by atoms with Crippen LogP contribution in [0, 0.1) is 6.92 Å². The summed E-state index contributed by atoms with van der Waals surface area (Å²) in [5.74, 6) is 0.892. The van der Waals surface area contributed by atoms with Gasteiger partial charge in [-0.1, -0.05) is 37.3 Å². The smallest absolute Gasteiger partial charge is 0.148 e. The van der Waals surface area contributed by atoms with E-state index in [1.165, 1.54) is 5.56 Å². The molecule has 4 heteroatoms. The van der Waals surface area contributed by atoms with Crippen LogP contribution in [0.25, 0.3) is 0 Å². The van der Waals surface area contributed by atoms with E-state index in [1.54, 1.807) is 4.68 Å². The number of nitrogens with zero attached hydrogens (tertiary/aromatic N) is 2. The van der Waals surface area contributed by atoms with Gasteiger partial charge < -0.3 is 11.1 Å². The third-order valence-corrected chi connectivity index (χ3v) is 3.19. The Kier molecular flexibility index (Phi) is 3.55. The molecule has 2 rings (SSSR count). The van der Waals surface area contributed by atoms with Crippen LogP contribution in [-0.2, 0) is 7.05 Å². The summed E-state index contributed by atoms with van der Waals surface area (Å²) in [5, 5.41) is 7.80. The minimum absolute atomic E-state index is 0.253. The molecule has 1 heterocycles. The van der Waals surface area contributed by atoms with Gasteiger partial charge >= 0.3 is 0 Å². The summed E-state index contributed by atoms with van der Waals surface area (Å²) in [6.45, 7) is 4.08. The van der Waals surface area contributed by atoms with E-state index >= 15 is 0 Å². The predicted molar refractivity (Wildman–Crippen MR) is 75.5 cm³/mol. The van der Waals surface area contributed by atoms with Gasteiger partial charge in [-0.2, -0.15) is 5.10 Å². The van der Waals surface area contributed by atoms with Gasteiger partial charge in [0.25, 0.3) is 0 Å². The fourth-order valence-corrected chi connectivity index (χ4v) is 2.12. The first-order chi connectivity index (χ1) is 8.63. The quantitative estimate of drug-likeness (QED) is 0.869. The summed E-state index contributed by atoms with van der Waals surface area (Å²) in [6, 6.07) is 10.6. The van der Waals surface area contributed by atoms with Crippen molar-refractivity contribution in [2.24, 2.45) is 7.05 Å². The highest BCUT2D eigenvalue weighted by Crippen LogP contribution is 2.27. The molecule has 2 aromatic rings. The lowest BCUT2D eigenvalue weighted by Crippen LogP contribution is -2.13. The van der Waals surface area contributed by atoms with Gasteiger partial charge in [-0.25, -0.2) is 0 Å². The highest BCUT2D eigenvalue weighted by atomic mass is 15.3. The van der Waals surface area contributed by atoms with Crippen molar-refractivity contribution < 1.29 is 0 Å². The van der Waals surface area contributed by atoms with E-state index in [4.69, 9.17) is 5.73 Å². The Morgan fingerprint density at radius 1 is 1.33 bits per heavy atom. The lowest BCUT2D eigenvalue weighted by molar-refractivity contribution is 0.706.